The van der Waals surface area contributed by atoms with Gasteiger partial charge < -0.3 is 10.1 Å². The molecule has 1 N–H and O–H groups in total. The minimum Gasteiger partial charge on any atom is -0.469 e. The lowest BCUT2D eigenvalue weighted by molar-refractivity contribution is -0.140. The number of rotatable bonds is 5. The number of nitrogens with one attached hydrogen (secondary N) is 1. The van der Waals surface area contributed by atoms with E-state index in [1.54, 1.807) is 5.38 Å². The summed E-state index contributed by atoms with van der Waals surface area (Å²) in [6.45, 7) is 0. The molecule has 0 aliphatic heterocycles. The third kappa shape index (κ3) is 4.21. The number of hydrogen-bond donors (Lipinski definition) is 1. The third-order valence-electron chi connectivity index (χ3n) is 2.60. The Kier molecular flexibility index (Phi) is 5.24. The van der Waals surface area contributed by atoms with Crippen LogP contribution in [-0.2, 0) is 16.0 Å². The quantitative estimate of drug-likeness (QED) is 0.800. The normalized spacial score (nSPS) is 10.5. The van der Waals surface area contributed by atoms with Crippen molar-refractivity contribution in [3.05, 3.63) is 39.3 Å². The van der Waals surface area contributed by atoms with Gasteiger partial charge in [-0.15, -0.1) is 11.3 Å². The average Bonchev–Trinajstić information content (AvgIpc) is 2.88. The predicted octanol–water partition coefficient (Wildman–Crippen LogP) is 4.03. The number of carbonyl (C=O) groups excluding carboxylic acids is 1. The number of aromatic nitrogens is 1. The summed E-state index contributed by atoms with van der Waals surface area (Å²) in [6, 6.07) is 2.33. The van der Waals surface area contributed by atoms with Gasteiger partial charge in [0.2, 0.25) is 0 Å². The lowest BCUT2D eigenvalue weighted by atomic mass is 10.2. The molecule has 0 aliphatic rings. The van der Waals surface area contributed by atoms with Crippen LogP contribution in [0.3, 0.4) is 0 Å². The van der Waals surface area contributed by atoms with Crippen molar-refractivity contribution in [2.24, 2.45) is 0 Å². The Hall–Kier alpha value is -1.54. The van der Waals surface area contributed by atoms with Gasteiger partial charge >= 0.3 is 5.97 Å². The largest absolute Gasteiger partial charge is 0.469 e. The molecule has 0 spiro atoms. The zero-order chi connectivity index (χ0) is 15.4. The fourth-order valence-electron chi connectivity index (χ4n) is 1.58. The van der Waals surface area contributed by atoms with Gasteiger partial charge in [-0.25, -0.2) is 13.8 Å². The molecule has 1 heterocycles. The van der Waals surface area contributed by atoms with Crippen molar-refractivity contribution in [1.82, 2.24) is 4.98 Å². The van der Waals surface area contributed by atoms with Crippen LogP contribution in [-0.4, -0.2) is 18.1 Å². The second-order valence-corrected chi connectivity index (χ2v) is 5.86. The second kappa shape index (κ2) is 6.95. The molecule has 8 heteroatoms. The van der Waals surface area contributed by atoms with E-state index in [2.05, 4.69) is 31.0 Å². The molecule has 1 aromatic heterocycles. The van der Waals surface area contributed by atoms with Crippen molar-refractivity contribution in [1.29, 1.82) is 0 Å². The number of hydrogen-bond acceptors (Lipinski definition) is 5. The van der Waals surface area contributed by atoms with Crippen molar-refractivity contribution in [2.45, 2.75) is 12.8 Å². The van der Waals surface area contributed by atoms with Gasteiger partial charge in [-0.05, 0) is 12.1 Å². The summed E-state index contributed by atoms with van der Waals surface area (Å²) < 4.78 is 32.2. The monoisotopic (exact) mass is 376 g/mol. The first-order valence-electron chi connectivity index (χ1n) is 5.92. The molecule has 21 heavy (non-hydrogen) atoms. The number of benzene rings is 1. The zero-order valence-electron chi connectivity index (χ0n) is 11.0. The summed E-state index contributed by atoms with van der Waals surface area (Å²) in [7, 11) is 1.31. The van der Waals surface area contributed by atoms with Crippen LogP contribution in [0.5, 0.6) is 0 Å². The Morgan fingerprint density at radius 2 is 2.10 bits per heavy atom. The van der Waals surface area contributed by atoms with E-state index in [1.165, 1.54) is 18.4 Å². The van der Waals surface area contributed by atoms with E-state index in [0.717, 1.165) is 12.1 Å². The molecule has 0 fully saturated rings. The molecule has 2 rings (SSSR count). The van der Waals surface area contributed by atoms with E-state index >= 15 is 0 Å². The Morgan fingerprint density at radius 1 is 1.43 bits per heavy atom. The van der Waals surface area contributed by atoms with Gasteiger partial charge in [-0.2, -0.15) is 0 Å². The minimum atomic E-state index is -0.715. The highest BCUT2D eigenvalue weighted by molar-refractivity contribution is 9.10. The maximum Gasteiger partial charge on any atom is 0.305 e. The van der Waals surface area contributed by atoms with Gasteiger partial charge in [0.05, 0.1) is 19.2 Å². The van der Waals surface area contributed by atoms with Crippen LogP contribution in [0.15, 0.2) is 22.0 Å². The van der Waals surface area contributed by atoms with Crippen molar-refractivity contribution in [3.63, 3.8) is 0 Å². The van der Waals surface area contributed by atoms with Crippen LogP contribution in [0.1, 0.15) is 12.1 Å². The number of thiazole rings is 1. The van der Waals surface area contributed by atoms with E-state index < -0.39 is 11.6 Å². The minimum absolute atomic E-state index is 0.209. The standard InChI is InChI=1S/C13H11BrF2N2O2S/c1-20-11(19)3-2-8-6-21-13(17-8)18-12-9(15)4-7(14)5-10(12)16/h4-6H,2-3H2,1H3,(H,17,18). The fourth-order valence-corrected chi connectivity index (χ4v) is 2.73. The highest BCUT2D eigenvalue weighted by atomic mass is 79.9. The number of esters is 1. The van der Waals surface area contributed by atoms with Crippen LogP contribution >= 0.6 is 27.3 Å². The van der Waals surface area contributed by atoms with Gasteiger partial charge in [-0.1, -0.05) is 15.9 Å². The molecule has 0 atom stereocenters. The Morgan fingerprint density at radius 3 is 2.71 bits per heavy atom. The summed E-state index contributed by atoms with van der Waals surface area (Å²) in [5.41, 5.74) is 0.401. The maximum absolute atomic E-state index is 13.7. The Balaban J connectivity index is 2.08. The van der Waals surface area contributed by atoms with Crippen LogP contribution in [0.2, 0.25) is 0 Å². The number of aryl methyl sites for hydroxylation is 1. The van der Waals surface area contributed by atoms with Gasteiger partial charge in [0.15, 0.2) is 16.8 Å². The summed E-state index contributed by atoms with van der Waals surface area (Å²) in [6.07, 6.45) is 0.622. The van der Waals surface area contributed by atoms with Gasteiger partial charge in [0.25, 0.3) is 0 Å². The first-order valence-corrected chi connectivity index (χ1v) is 7.59. The molecule has 0 saturated heterocycles. The highest BCUT2D eigenvalue weighted by Gasteiger charge is 2.13. The Labute approximate surface area is 132 Å². The SMILES string of the molecule is COC(=O)CCc1csc(Nc2c(F)cc(Br)cc2F)n1. The number of methoxy groups -OCH3 is 1. The highest BCUT2D eigenvalue weighted by Crippen LogP contribution is 2.28. The zero-order valence-corrected chi connectivity index (χ0v) is 13.4. The fraction of sp³-hybridized carbons (Fsp3) is 0.231. The van der Waals surface area contributed by atoms with E-state index in [4.69, 9.17) is 0 Å². The van der Waals surface area contributed by atoms with Gasteiger partial charge in [0, 0.05) is 16.3 Å². The first kappa shape index (κ1) is 15.8. The molecule has 2 aromatic rings. The van der Waals surface area contributed by atoms with Crippen molar-refractivity contribution >= 4 is 44.1 Å². The molecule has 112 valence electrons. The number of ether oxygens (including phenoxy) is 1. The topological polar surface area (TPSA) is 51.2 Å². The molecule has 0 saturated carbocycles. The molecule has 4 nitrogen and oxygen atoms in total. The van der Waals surface area contributed by atoms with Crippen molar-refractivity contribution in [3.8, 4) is 0 Å². The summed E-state index contributed by atoms with van der Waals surface area (Å²) in [4.78, 5) is 15.2. The van der Waals surface area contributed by atoms with Crippen molar-refractivity contribution < 1.29 is 18.3 Å². The molecule has 0 radical (unpaired) electrons. The van der Waals surface area contributed by atoms with Crippen LogP contribution < -0.4 is 5.32 Å². The number of halogens is 3. The lowest BCUT2D eigenvalue weighted by Crippen LogP contribution is -2.02. The van der Waals surface area contributed by atoms with Gasteiger partial charge in [0.1, 0.15) is 5.69 Å². The number of carbonyl (C=O) groups is 1. The molecule has 1 aromatic carbocycles. The molecule has 0 bridgehead atoms. The smallest absolute Gasteiger partial charge is 0.305 e. The third-order valence-corrected chi connectivity index (χ3v) is 3.87. The summed E-state index contributed by atoms with van der Waals surface area (Å²) in [5.74, 6) is -1.76. The second-order valence-electron chi connectivity index (χ2n) is 4.09. The number of anilines is 2. The van der Waals surface area contributed by atoms with Crippen molar-refractivity contribution in [2.75, 3.05) is 12.4 Å². The van der Waals surface area contributed by atoms with E-state index in [1.807, 2.05) is 0 Å². The van der Waals surface area contributed by atoms with Gasteiger partial charge in [-0.3, -0.25) is 4.79 Å². The molecule has 0 amide bonds. The van der Waals surface area contributed by atoms with E-state index in [-0.39, 0.29) is 18.1 Å². The van der Waals surface area contributed by atoms with E-state index in [0.29, 0.717) is 21.7 Å². The van der Waals surface area contributed by atoms with Crippen LogP contribution in [0.4, 0.5) is 19.6 Å². The molecule has 0 aliphatic carbocycles. The van der Waals surface area contributed by atoms with Crippen LogP contribution in [0.25, 0.3) is 0 Å². The molecular formula is C13H11BrF2N2O2S. The molecular weight excluding hydrogens is 366 g/mol. The summed E-state index contributed by atoms with van der Waals surface area (Å²) >= 11 is 4.22. The first-order chi connectivity index (χ1) is 9.99. The lowest BCUT2D eigenvalue weighted by Gasteiger charge is -2.06. The van der Waals surface area contributed by atoms with Crippen LogP contribution in [0, 0.1) is 11.6 Å². The van der Waals surface area contributed by atoms with E-state index in [9.17, 15) is 13.6 Å². The average molecular weight is 377 g/mol. The maximum atomic E-state index is 13.7. The predicted molar refractivity (Wildman–Crippen MR) is 79.8 cm³/mol. The molecule has 0 unspecified atom stereocenters. The number of nitrogens with zero attached hydrogens (tertiary/aromatic N) is 1. The Bertz CT molecular complexity index is 640. The summed E-state index contributed by atoms with van der Waals surface area (Å²) in [5, 5.41) is 4.69.